The van der Waals surface area contributed by atoms with Gasteiger partial charge < -0.3 is 10.2 Å². The number of rotatable bonds is 4. The number of hydrogen-bond acceptors (Lipinski definition) is 2. The van der Waals surface area contributed by atoms with Crippen LogP contribution in [0.1, 0.15) is 54.1 Å². The zero-order valence-electron chi connectivity index (χ0n) is 26.0. The van der Waals surface area contributed by atoms with Crippen LogP contribution in [0.15, 0.2) is 121 Å². The number of halogens is 6. The highest BCUT2D eigenvalue weighted by Crippen LogP contribution is 2.57. The lowest BCUT2D eigenvalue weighted by Crippen LogP contribution is -2.55. The van der Waals surface area contributed by atoms with Crippen molar-refractivity contribution in [2.24, 2.45) is 0 Å². The lowest BCUT2D eigenvalue weighted by molar-refractivity contribution is -0.288. The average Bonchev–Trinajstić information content (AvgIpc) is 3.09. The van der Waals surface area contributed by atoms with Crippen LogP contribution in [0.4, 0.5) is 26.3 Å². The molecule has 6 aromatic rings. The van der Waals surface area contributed by atoms with Crippen molar-refractivity contribution in [2.75, 3.05) is 0 Å². The normalized spacial score (nSPS) is 11.7. The van der Waals surface area contributed by atoms with E-state index in [2.05, 4.69) is 23.7 Å². The van der Waals surface area contributed by atoms with E-state index in [1.807, 2.05) is 0 Å². The monoisotopic (exact) mass is 692 g/mol. The molecule has 0 aliphatic heterocycles. The van der Waals surface area contributed by atoms with E-state index in [1.165, 1.54) is 12.1 Å². The highest BCUT2D eigenvalue weighted by molar-refractivity contribution is 5.90. The van der Waals surface area contributed by atoms with Gasteiger partial charge in [-0.25, -0.2) is 9.59 Å². The van der Waals surface area contributed by atoms with Gasteiger partial charge in [-0.1, -0.05) is 96.5 Å². The van der Waals surface area contributed by atoms with Crippen LogP contribution in [0.2, 0.25) is 0 Å². The molecule has 0 unspecified atom stereocenters. The molecule has 6 aromatic carbocycles. The maximum absolute atomic E-state index is 15.5. The quantitative estimate of drug-likeness (QED) is 0.143. The molecule has 0 amide bonds. The summed E-state index contributed by atoms with van der Waals surface area (Å²) >= 11 is 0. The topological polar surface area (TPSA) is 74.6 Å². The first-order chi connectivity index (χ1) is 24.2. The Morgan fingerprint density at radius 2 is 0.824 bits per heavy atom. The molecule has 0 atom stereocenters. The summed E-state index contributed by atoms with van der Waals surface area (Å²) in [4.78, 5) is 23.8. The summed E-state index contributed by atoms with van der Waals surface area (Å²) in [5, 5.41) is 22.3. The Kier molecular flexibility index (Phi) is 8.80. The number of hydrogen-bond donors (Lipinski definition) is 2. The van der Waals surface area contributed by atoms with Gasteiger partial charge in [-0.05, 0) is 81.2 Å². The van der Waals surface area contributed by atoms with Crippen molar-refractivity contribution in [3.8, 4) is 23.7 Å². The average molecular weight is 693 g/mol. The molecule has 10 heteroatoms. The van der Waals surface area contributed by atoms with Crippen LogP contribution >= 0.6 is 0 Å². The molecule has 51 heavy (non-hydrogen) atoms. The molecule has 252 valence electrons. The summed E-state index contributed by atoms with van der Waals surface area (Å²) in [6.45, 7) is 0. The molecule has 2 N–H and O–H groups in total. The molecule has 0 aromatic heterocycles. The summed E-state index contributed by atoms with van der Waals surface area (Å²) in [6.07, 6.45) is -12.3. The van der Waals surface area contributed by atoms with Crippen LogP contribution in [-0.2, 0) is 5.41 Å². The molecule has 4 nitrogen and oxygen atoms in total. The van der Waals surface area contributed by atoms with Crippen LogP contribution in [-0.4, -0.2) is 34.5 Å². The number of aromatic carboxylic acids is 2. The fraction of sp³-hybridized carbons (Fsp3) is 0.0732. The van der Waals surface area contributed by atoms with Gasteiger partial charge in [-0.2, -0.15) is 26.3 Å². The van der Waals surface area contributed by atoms with Crippen LogP contribution in [0, 0.1) is 23.7 Å². The second-order valence-electron chi connectivity index (χ2n) is 11.5. The Morgan fingerprint density at radius 1 is 0.451 bits per heavy atom. The predicted molar refractivity (Wildman–Crippen MR) is 180 cm³/mol. The SMILES string of the molecule is O=C(O)c1ccc(C(c2ccc(C(=O)O)cc2C#Cc2ccc3ccccc3c2)(C(F)(F)F)C(F)(F)F)c(C#Cc2ccc3ccccc3c2)c1. The minimum atomic E-state index is -6.13. The van der Waals surface area contributed by atoms with Crippen LogP contribution in [0.3, 0.4) is 0 Å². The maximum atomic E-state index is 15.5. The molecule has 0 saturated heterocycles. The van der Waals surface area contributed by atoms with Crippen molar-refractivity contribution in [3.05, 3.63) is 166 Å². The van der Waals surface area contributed by atoms with Gasteiger partial charge in [0.25, 0.3) is 0 Å². The second kappa shape index (κ2) is 13.1. The van der Waals surface area contributed by atoms with E-state index >= 15 is 26.3 Å². The molecular weight excluding hydrogens is 670 g/mol. The van der Waals surface area contributed by atoms with Gasteiger partial charge >= 0.3 is 24.3 Å². The Bertz CT molecular complexity index is 2320. The Hall–Kier alpha value is -6.52. The zero-order chi connectivity index (χ0) is 36.6. The van der Waals surface area contributed by atoms with E-state index in [4.69, 9.17) is 0 Å². The molecule has 0 saturated carbocycles. The molecular formula is C41H22F6O4. The zero-order valence-corrected chi connectivity index (χ0v) is 26.0. The third kappa shape index (κ3) is 6.48. The fourth-order valence-corrected chi connectivity index (χ4v) is 5.95. The van der Waals surface area contributed by atoms with Crippen molar-refractivity contribution in [2.45, 2.75) is 17.8 Å². The lowest BCUT2D eigenvalue weighted by atomic mass is 9.69. The number of carbonyl (C=O) groups is 2. The summed E-state index contributed by atoms with van der Waals surface area (Å²) in [6, 6.07) is 27.2. The van der Waals surface area contributed by atoms with Crippen molar-refractivity contribution in [3.63, 3.8) is 0 Å². The van der Waals surface area contributed by atoms with Gasteiger partial charge in [0, 0.05) is 22.3 Å². The molecule has 0 radical (unpaired) electrons. The van der Waals surface area contributed by atoms with Gasteiger partial charge in [0.2, 0.25) is 5.41 Å². The minimum absolute atomic E-state index is 0.248. The van der Waals surface area contributed by atoms with E-state index in [0.29, 0.717) is 47.2 Å². The molecule has 0 aliphatic carbocycles. The first kappa shape index (κ1) is 34.3. The predicted octanol–water partition coefficient (Wildman–Crippen LogP) is 9.60. The smallest absolute Gasteiger partial charge is 0.411 e. The van der Waals surface area contributed by atoms with E-state index in [-0.39, 0.29) is 11.1 Å². The number of alkyl halides is 6. The van der Waals surface area contributed by atoms with E-state index in [9.17, 15) is 19.8 Å². The summed E-state index contributed by atoms with van der Waals surface area (Å²) < 4.78 is 93.3. The summed E-state index contributed by atoms with van der Waals surface area (Å²) in [5.74, 6) is 6.78. The highest BCUT2D eigenvalue weighted by atomic mass is 19.4. The third-order valence-electron chi connectivity index (χ3n) is 8.37. The largest absolute Gasteiger partial charge is 0.478 e. The maximum Gasteiger partial charge on any atom is 0.411 e. The van der Waals surface area contributed by atoms with Crippen molar-refractivity contribution >= 4 is 33.5 Å². The number of benzene rings is 6. The van der Waals surface area contributed by atoms with Gasteiger partial charge in [-0.3, -0.25) is 0 Å². The van der Waals surface area contributed by atoms with Gasteiger partial charge in [-0.15, -0.1) is 0 Å². The third-order valence-corrected chi connectivity index (χ3v) is 8.37. The molecule has 0 spiro atoms. The van der Waals surface area contributed by atoms with Gasteiger partial charge in [0.1, 0.15) is 0 Å². The lowest BCUT2D eigenvalue weighted by Gasteiger charge is -2.39. The van der Waals surface area contributed by atoms with Crippen molar-refractivity contribution < 1.29 is 46.1 Å². The van der Waals surface area contributed by atoms with Crippen molar-refractivity contribution in [1.82, 2.24) is 0 Å². The summed E-state index contributed by atoms with van der Waals surface area (Å²) in [7, 11) is 0. The van der Waals surface area contributed by atoms with E-state index in [1.54, 1.807) is 72.8 Å². The molecule has 0 heterocycles. The summed E-state index contributed by atoms with van der Waals surface area (Å²) in [5.41, 5.74) is -10.1. The Balaban J connectivity index is 1.64. The van der Waals surface area contributed by atoms with Gasteiger partial charge in [0.15, 0.2) is 0 Å². The number of fused-ring (bicyclic) bond motifs is 2. The Labute approximate surface area is 286 Å². The van der Waals surface area contributed by atoms with Gasteiger partial charge in [0.05, 0.1) is 11.1 Å². The molecule has 0 bridgehead atoms. The standard InChI is InChI=1S/C41H22F6O4/c42-40(43,44)39(41(45,46)47,35-19-17-33(37(48)49)23-31(35)15-11-25-9-13-27-5-1-3-7-29(27)21-25)36-20-18-34(38(50)51)24-32(36)16-12-26-10-14-28-6-2-4-8-30(28)22-26/h1-10,13-14,17-24H,(H,48,49)(H,50,51). The second-order valence-corrected chi connectivity index (χ2v) is 11.5. The van der Waals surface area contributed by atoms with Crippen LogP contribution in [0.5, 0.6) is 0 Å². The first-order valence-corrected chi connectivity index (χ1v) is 15.1. The molecule has 0 fully saturated rings. The highest BCUT2D eigenvalue weighted by Gasteiger charge is 2.73. The Morgan fingerprint density at radius 3 is 1.18 bits per heavy atom. The van der Waals surface area contributed by atoms with Crippen LogP contribution < -0.4 is 0 Å². The fourth-order valence-electron chi connectivity index (χ4n) is 5.95. The molecule has 0 aliphatic rings. The van der Waals surface area contributed by atoms with Crippen molar-refractivity contribution in [1.29, 1.82) is 0 Å². The number of carboxylic acid groups (broad SMARTS) is 2. The minimum Gasteiger partial charge on any atom is -0.478 e. The first-order valence-electron chi connectivity index (χ1n) is 15.1. The molecule has 6 rings (SSSR count). The van der Waals surface area contributed by atoms with Crippen LogP contribution in [0.25, 0.3) is 21.5 Å². The van der Waals surface area contributed by atoms with E-state index < -0.39 is 63.1 Å². The van der Waals surface area contributed by atoms with E-state index in [0.717, 1.165) is 10.8 Å². The number of carboxylic acids is 2.